The van der Waals surface area contributed by atoms with Crippen molar-refractivity contribution in [3.63, 3.8) is 0 Å². The Morgan fingerprint density at radius 1 is 1.16 bits per heavy atom. The van der Waals surface area contributed by atoms with Gasteiger partial charge in [0, 0.05) is 6.54 Å². The highest BCUT2D eigenvalue weighted by Gasteiger charge is 2.22. The second-order valence-electron chi connectivity index (χ2n) is 6.85. The van der Waals surface area contributed by atoms with Gasteiger partial charge in [-0.25, -0.2) is 22.5 Å². The van der Waals surface area contributed by atoms with Gasteiger partial charge in [-0.1, -0.05) is 25.1 Å². The van der Waals surface area contributed by atoms with E-state index in [0.717, 1.165) is 5.56 Å². The number of benzene rings is 2. The molecule has 32 heavy (non-hydrogen) atoms. The number of aryl methyl sites for hydroxylation is 1. The summed E-state index contributed by atoms with van der Waals surface area (Å²) in [7, 11) is -2.62. The lowest BCUT2D eigenvalue weighted by Crippen LogP contribution is -2.13. The van der Waals surface area contributed by atoms with Gasteiger partial charge in [0.1, 0.15) is 21.9 Å². The summed E-state index contributed by atoms with van der Waals surface area (Å²) >= 11 is 0. The maximum atomic E-state index is 13.5. The first-order chi connectivity index (χ1) is 15.3. The first-order valence-electron chi connectivity index (χ1n) is 9.62. The lowest BCUT2D eigenvalue weighted by molar-refractivity contribution is 0.373. The number of nitrogens with zero attached hydrogens (tertiary/aromatic N) is 5. The largest absolute Gasteiger partial charge is 0.468 e. The van der Waals surface area contributed by atoms with E-state index in [-0.39, 0.29) is 28.2 Å². The summed E-state index contributed by atoms with van der Waals surface area (Å²) < 4.78 is 44.2. The number of hydrogen-bond donors (Lipinski definition) is 2. The topological polar surface area (TPSA) is 138 Å². The number of anilines is 1. The number of fused-ring (bicyclic) bond motifs is 1. The van der Waals surface area contributed by atoms with Gasteiger partial charge in [0.2, 0.25) is 10.0 Å². The number of imidazole rings is 1. The Balaban J connectivity index is 1.81. The number of rotatable bonds is 7. The summed E-state index contributed by atoms with van der Waals surface area (Å²) in [6.07, 6.45) is 0.559. The van der Waals surface area contributed by atoms with Crippen LogP contribution in [-0.2, 0) is 23.0 Å². The van der Waals surface area contributed by atoms with Gasteiger partial charge in [0.25, 0.3) is 5.95 Å². The molecule has 2 aromatic heterocycles. The molecule has 0 amide bonds. The van der Waals surface area contributed by atoms with E-state index in [4.69, 9.17) is 9.88 Å². The van der Waals surface area contributed by atoms with Gasteiger partial charge in [-0.15, -0.1) is 10.2 Å². The van der Waals surface area contributed by atoms with Crippen molar-refractivity contribution in [3.8, 4) is 12.0 Å². The van der Waals surface area contributed by atoms with Crippen molar-refractivity contribution < 1.29 is 17.5 Å². The molecule has 4 aromatic rings. The molecule has 0 radical (unpaired) electrons. The average Bonchev–Trinajstić information content (AvgIpc) is 3.15. The van der Waals surface area contributed by atoms with Gasteiger partial charge in [0.15, 0.2) is 5.82 Å². The molecular weight excluding hydrogens is 437 g/mol. The zero-order valence-corrected chi connectivity index (χ0v) is 18.1. The van der Waals surface area contributed by atoms with Crippen molar-refractivity contribution in [1.82, 2.24) is 24.7 Å². The highest BCUT2D eigenvalue weighted by atomic mass is 32.2. The highest BCUT2D eigenvalue weighted by Crippen LogP contribution is 2.29. The Morgan fingerprint density at radius 2 is 1.94 bits per heavy atom. The predicted molar refractivity (Wildman–Crippen MR) is 115 cm³/mol. The molecule has 3 N–H and O–H groups in total. The molecule has 12 heteroatoms. The number of para-hydroxylation sites is 1. The molecule has 0 bridgehead atoms. The third-order valence-electron chi connectivity index (χ3n) is 4.74. The summed E-state index contributed by atoms with van der Waals surface area (Å²) in [5.74, 6) is 0.241. The van der Waals surface area contributed by atoms with Crippen molar-refractivity contribution in [3.05, 3.63) is 59.5 Å². The van der Waals surface area contributed by atoms with Crippen molar-refractivity contribution in [1.29, 1.82) is 0 Å². The number of halogens is 1. The second-order valence-corrected chi connectivity index (χ2v) is 8.38. The molecule has 4 rings (SSSR count). The Kier molecular flexibility index (Phi) is 5.72. The van der Waals surface area contributed by atoms with Crippen molar-refractivity contribution in [2.75, 3.05) is 12.4 Å². The van der Waals surface area contributed by atoms with E-state index < -0.39 is 10.0 Å². The molecule has 10 nitrogen and oxygen atoms in total. The van der Waals surface area contributed by atoms with E-state index >= 15 is 0 Å². The van der Waals surface area contributed by atoms with Crippen molar-refractivity contribution in [2.45, 2.75) is 24.8 Å². The summed E-state index contributed by atoms with van der Waals surface area (Å²) in [6, 6.07) is 10.8. The standard InChI is InChI=1S/C20H20FN7O3S/c1-3-14-18(23-11-12-6-4-7-13(21)10-12)25-19(27-26-14)28-15-8-5-9-16(32(22,29)30)17(15)24-20(28)31-2/h4-10H,3,11H2,1-2H3,(H2,22,29,30)(H,23,25,27). The van der Waals surface area contributed by atoms with Crippen LogP contribution in [0.4, 0.5) is 10.2 Å². The first-order valence-corrected chi connectivity index (χ1v) is 11.2. The van der Waals surface area contributed by atoms with Gasteiger partial charge in [-0.2, -0.15) is 9.97 Å². The van der Waals surface area contributed by atoms with Crippen LogP contribution in [0.15, 0.2) is 47.4 Å². The fourth-order valence-electron chi connectivity index (χ4n) is 3.26. The van der Waals surface area contributed by atoms with Crippen molar-refractivity contribution in [2.24, 2.45) is 5.14 Å². The molecule has 166 valence electrons. The molecule has 0 aliphatic heterocycles. The Labute approximate surface area is 183 Å². The van der Waals surface area contributed by atoms with Gasteiger partial charge >= 0.3 is 6.01 Å². The van der Waals surface area contributed by atoms with Gasteiger partial charge in [-0.3, -0.25) is 0 Å². The molecule has 0 aliphatic rings. The lowest BCUT2D eigenvalue weighted by atomic mass is 10.2. The summed E-state index contributed by atoms with van der Waals surface area (Å²) in [5.41, 5.74) is 1.86. The van der Waals surface area contributed by atoms with Crippen LogP contribution in [0.25, 0.3) is 17.0 Å². The van der Waals surface area contributed by atoms with Crippen LogP contribution >= 0.6 is 0 Å². The molecule has 0 unspecified atom stereocenters. The maximum absolute atomic E-state index is 13.5. The van der Waals surface area contributed by atoms with Crippen LogP contribution in [0.5, 0.6) is 6.01 Å². The Bertz CT molecular complexity index is 1410. The van der Waals surface area contributed by atoms with Crippen molar-refractivity contribution >= 4 is 26.9 Å². The number of hydrogen-bond acceptors (Lipinski definition) is 8. The Morgan fingerprint density at radius 3 is 2.62 bits per heavy atom. The smallest absolute Gasteiger partial charge is 0.304 e. The molecule has 0 atom stereocenters. The minimum absolute atomic E-state index is 0.0678. The molecule has 0 fully saturated rings. The molecule has 2 aromatic carbocycles. The quantitative estimate of drug-likeness (QED) is 0.431. The summed E-state index contributed by atoms with van der Waals surface area (Å²) in [6.45, 7) is 2.23. The minimum atomic E-state index is -4.02. The summed E-state index contributed by atoms with van der Waals surface area (Å²) in [4.78, 5) is 8.68. The zero-order valence-electron chi connectivity index (χ0n) is 17.3. The van der Waals surface area contributed by atoms with Crippen LogP contribution in [0.2, 0.25) is 0 Å². The number of nitrogens with one attached hydrogen (secondary N) is 1. The lowest BCUT2D eigenvalue weighted by Gasteiger charge is -2.12. The molecule has 0 aliphatic carbocycles. The number of aromatic nitrogens is 5. The molecular formula is C20H20FN7O3S. The zero-order chi connectivity index (χ0) is 22.9. The van der Waals surface area contributed by atoms with E-state index in [2.05, 4.69) is 25.5 Å². The monoisotopic (exact) mass is 457 g/mol. The summed E-state index contributed by atoms with van der Waals surface area (Å²) in [5, 5.41) is 16.9. The van der Waals surface area contributed by atoms with Gasteiger partial charge < -0.3 is 10.1 Å². The van der Waals surface area contributed by atoms with E-state index in [1.54, 1.807) is 18.2 Å². The van der Waals surface area contributed by atoms with E-state index in [9.17, 15) is 12.8 Å². The Hall–Kier alpha value is -3.64. The third kappa shape index (κ3) is 4.09. The molecule has 2 heterocycles. The fourth-order valence-corrected chi connectivity index (χ4v) is 3.95. The molecule has 0 saturated heterocycles. The van der Waals surface area contributed by atoms with E-state index in [1.807, 2.05) is 6.92 Å². The second kappa shape index (κ2) is 8.48. The normalized spacial score (nSPS) is 11.6. The number of primary sulfonamides is 1. The molecule has 0 saturated carbocycles. The number of methoxy groups -OCH3 is 1. The van der Waals surface area contributed by atoms with Gasteiger partial charge in [-0.05, 0) is 36.2 Å². The van der Waals surface area contributed by atoms with Gasteiger partial charge in [0.05, 0.1) is 12.6 Å². The number of sulfonamides is 1. The van der Waals surface area contributed by atoms with E-state index in [0.29, 0.717) is 30.0 Å². The number of nitrogens with two attached hydrogens (primary N) is 1. The number of ether oxygens (including phenoxy) is 1. The fraction of sp³-hybridized carbons (Fsp3) is 0.200. The third-order valence-corrected chi connectivity index (χ3v) is 5.68. The van der Waals surface area contributed by atoms with Crippen LogP contribution < -0.4 is 15.2 Å². The van der Waals surface area contributed by atoms with Crippen LogP contribution in [-0.4, -0.2) is 40.3 Å². The SMILES string of the molecule is CCc1nnc(-n2c(OC)nc3c(S(N)(=O)=O)cccc32)nc1NCc1cccc(F)c1. The first kappa shape index (κ1) is 21.6. The van der Waals surface area contributed by atoms with Crippen LogP contribution in [0.3, 0.4) is 0 Å². The van der Waals surface area contributed by atoms with Crippen LogP contribution in [0, 0.1) is 5.82 Å². The van der Waals surface area contributed by atoms with E-state index in [1.165, 1.54) is 35.9 Å². The maximum Gasteiger partial charge on any atom is 0.304 e. The van der Waals surface area contributed by atoms with Crippen LogP contribution in [0.1, 0.15) is 18.2 Å². The predicted octanol–water partition coefficient (Wildman–Crippen LogP) is 2.18. The molecule has 0 spiro atoms. The average molecular weight is 457 g/mol. The highest BCUT2D eigenvalue weighted by molar-refractivity contribution is 7.89. The minimum Gasteiger partial charge on any atom is -0.468 e.